The fourth-order valence-electron chi connectivity index (χ4n) is 6.15. The van der Waals surface area contributed by atoms with Crippen LogP contribution in [0.4, 0.5) is 0 Å². The minimum atomic E-state index is -2.03. The van der Waals surface area contributed by atoms with Gasteiger partial charge in [0.1, 0.15) is 17.6 Å². The number of aromatic hydroxyl groups is 1. The van der Waals surface area contributed by atoms with E-state index >= 15 is 0 Å². The molecule has 3 aliphatic rings. The fourth-order valence-corrected chi connectivity index (χ4v) is 6.15. The molecular formula is C26H34O6. The second-order valence-electron chi connectivity index (χ2n) is 9.85. The van der Waals surface area contributed by atoms with Crippen molar-refractivity contribution in [2.45, 2.75) is 83.5 Å². The van der Waals surface area contributed by atoms with E-state index in [0.717, 1.165) is 23.1 Å². The van der Waals surface area contributed by atoms with E-state index in [1.165, 1.54) is 6.07 Å². The molecular weight excluding hydrogens is 408 g/mol. The maximum Gasteiger partial charge on any atom is 0.196 e. The average Bonchev–Trinajstić information content (AvgIpc) is 2.75. The number of allylic oxidation sites excluding steroid dienone is 2. The van der Waals surface area contributed by atoms with Crippen LogP contribution in [0.3, 0.4) is 0 Å². The van der Waals surface area contributed by atoms with Gasteiger partial charge in [0.25, 0.3) is 0 Å². The minimum absolute atomic E-state index is 0.0804. The lowest BCUT2D eigenvalue weighted by atomic mass is 9.58. The van der Waals surface area contributed by atoms with Gasteiger partial charge in [-0.2, -0.15) is 0 Å². The molecule has 6 unspecified atom stereocenters. The predicted octanol–water partition coefficient (Wildman–Crippen LogP) is 3.68. The molecule has 3 aliphatic carbocycles. The van der Waals surface area contributed by atoms with Crippen LogP contribution >= 0.6 is 0 Å². The zero-order valence-corrected chi connectivity index (χ0v) is 19.2. The van der Waals surface area contributed by atoms with Gasteiger partial charge in [-0.1, -0.05) is 32.4 Å². The summed E-state index contributed by atoms with van der Waals surface area (Å²) in [5, 5.41) is 55.0. The number of carbonyl (C=O) groups is 1. The summed E-state index contributed by atoms with van der Waals surface area (Å²) in [5.41, 5.74) is 1.22. The lowest BCUT2D eigenvalue weighted by Crippen LogP contribution is -2.59. The molecule has 0 saturated carbocycles. The smallest absolute Gasteiger partial charge is 0.196 e. The number of Topliss-reactive ketones (excluding diaryl/α,β-unsaturated/α-hetero) is 1. The maximum absolute atomic E-state index is 13.6. The Balaban J connectivity index is 1.87. The van der Waals surface area contributed by atoms with Crippen molar-refractivity contribution in [3.63, 3.8) is 0 Å². The van der Waals surface area contributed by atoms with Crippen LogP contribution in [-0.2, 0) is 6.42 Å². The fraction of sp³-hybridized carbons (Fsp3) is 0.577. The summed E-state index contributed by atoms with van der Waals surface area (Å²) in [7, 11) is 0. The van der Waals surface area contributed by atoms with Gasteiger partial charge in [-0.25, -0.2) is 0 Å². The Morgan fingerprint density at radius 1 is 1.16 bits per heavy atom. The standard InChI is InChI=1S/C26H34O6/c1-5-12(3)16-7-8-19(28)22-17(16)11-14-10-15-9-13(4)20(18(27)6-2)24(30)26(15,32)25(31)21(14)23(22)29/h7-8,12,14-15,18,24,27-28,30-32H,5-6,9-11H2,1-4H3. The van der Waals surface area contributed by atoms with Crippen molar-refractivity contribution >= 4 is 5.78 Å². The largest absolute Gasteiger partial charge is 0.509 e. The first-order chi connectivity index (χ1) is 15.1. The van der Waals surface area contributed by atoms with Gasteiger partial charge in [-0.3, -0.25) is 4.79 Å². The molecule has 5 N–H and O–H groups in total. The molecule has 0 radical (unpaired) electrons. The molecule has 0 aromatic heterocycles. The van der Waals surface area contributed by atoms with Crippen LogP contribution < -0.4 is 0 Å². The summed E-state index contributed by atoms with van der Waals surface area (Å²) in [5.74, 6) is -1.69. The van der Waals surface area contributed by atoms with E-state index in [0.29, 0.717) is 31.3 Å². The molecule has 0 spiro atoms. The number of hydrogen-bond donors (Lipinski definition) is 5. The van der Waals surface area contributed by atoms with Crippen LogP contribution in [0.25, 0.3) is 0 Å². The SMILES string of the molecule is CCC(O)C1=C(C)CC2CC3Cc4c(C(C)CC)ccc(O)c4C(=O)C3=C(O)C2(O)C1O. The number of rotatable bonds is 4. The van der Waals surface area contributed by atoms with Crippen LogP contribution in [0.2, 0.25) is 0 Å². The second-order valence-corrected chi connectivity index (χ2v) is 9.85. The third-order valence-electron chi connectivity index (χ3n) is 8.13. The van der Waals surface area contributed by atoms with Gasteiger partial charge in [0.05, 0.1) is 11.7 Å². The highest BCUT2D eigenvalue weighted by molar-refractivity contribution is 6.13. The van der Waals surface area contributed by atoms with E-state index in [2.05, 4.69) is 13.8 Å². The normalized spacial score (nSPS) is 31.7. The molecule has 0 aliphatic heterocycles. The van der Waals surface area contributed by atoms with Gasteiger partial charge in [-0.15, -0.1) is 0 Å². The molecule has 6 nitrogen and oxygen atoms in total. The average molecular weight is 443 g/mol. The first-order valence-corrected chi connectivity index (χ1v) is 11.7. The van der Waals surface area contributed by atoms with E-state index in [4.69, 9.17) is 0 Å². The van der Waals surface area contributed by atoms with Crippen molar-refractivity contribution in [2.75, 3.05) is 0 Å². The van der Waals surface area contributed by atoms with Gasteiger partial charge < -0.3 is 25.5 Å². The van der Waals surface area contributed by atoms with Crippen LogP contribution in [0.15, 0.2) is 34.6 Å². The highest BCUT2D eigenvalue weighted by atomic mass is 16.4. The van der Waals surface area contributed by atoms with Crippen molar-refractivity contribution in [2.24, 2.45) is 11.8 Å². The molecule has 1 aromatic rings. The topological polar surface area (TPSA) is 118 Å². The van der Waals surface area contributed by atoms with E-state index in [1.54, 1.807) is 6.92 Å². The molecule has 0 heterocycles. The van der Waals surface area contributed by atoms with Crippen LogP contribution in [0.5, 0.6) is 5.75 Å². The molecule has 6 heteroatoms. The predicted molar refractivity (Wildman–Crippen MR) is 121 cm³/mol. The Morgan fingerprint density at radius 3 is 2.47 bits per heavy atom. The Hall–Kier alpha value is -2.15. The zero-order chi connectivity index (χ0) is 23.5. The van der Waals surface area contributed by atoms with Gasteiger partial charge >= 0.3 is 0 Å². The number of phenolic OH excluding ortho intramolecular Hbond substituents is 1. The molecule has 0 bridgehead atoms. The van der Waals surface area contributed by atoms with Gasteiger partial charge in [0.2, 0.25) is 0 Å². The number of aliphatic hydroxyl groups is 4. The first kappa shape index (κ1) is 23.0. The van der Waals surface area contributed by atoms with Gasteiger partial charge in [0.15, 0.2) is 11.4 Å². The van der Waals surface area contributed by atoms with Gasteiger partial charge in [-0.05, 0) is 73.6 Å². The third kappa shape index (κ3) is 3.07. The Bertz CT molecular complexity index is 1020. The molecule has 4 rings (SSSR count). The van der Waals surface area contributed by atoms with Crippen LogP contribution in [0.1, 0.15) is 80.8 Å². The van der Waals surface area contributed by atoms with E-state index in [1.807, 2.05) is 13.0 Å². The van der Waals surface area contributed by atoms with Crippen molar-refractivity contribution in [3.8, 4) is 5.75 Å². The summed E-state index contributed by atoms with van der Waals surface area (Å²) in [4.78, 5) is 13.6. The molecule has 1 aromatic carbocycles. The monoisotopic (exact) mass is 442 g/mol. The van der Waals surface area contributed by atoms with Crippen molar-refractivity contribution in [1.82, 2.24) is 0 Å². The molecule has 0 fully saturated rings. The molecule has 6 atom stereocenters. The number of benzene rings is 1. The summed E-state index contributed by atoms with van der Waals surface area (Å²) < 4.78 is 0. The van der Waals surface area contributed by atoms with Crippen LogP contribution in [0, 0.1) is 11.8 Å². The lowest BCUT2D eigenvalue weighted by Gasteiger charge is -2.50. The first-order valence-electron chi connectivity index (χ1n) is 11.7. The Morgan fingerprint density at radius 2 is 1.84 bits per heavy atom. The lowest BCUT2D eigenvalue weighted by molar-refractivity contribution is -0.119. The maximum atomic E-state index is 13.6. The van der Waals surface area contributed by atoms with Gasteiger partial charge in [0, 0.05) is 11.5 Å². The summed E-state index contributed by atoms with van der Waals surface area (Å²) in [6.07, 6.45) is 0.168. The van der Waals surface area contributed by atoms with E-state index in [-0.39, 0.29) is 28.7 Å². The number of phenols is 1. The van der Waals surface area contributed by atoms with Crippen molar-refractivity contribution in [3.05, 3.63) is 51.3 Å². The summed E-state index contributed by atoms with van der Waals surface area (Å²) in [6, 6.07) is 3.40. The second kappa shape index (κ2) is 8.01. The number of ketones is 1. The van der Waals surface area contributed by atoms with E-state index < -0.39 is 35.3 Å². The molecule has 0 amide bonds. The number of fused-ring (bicyclic) bond motifs is 3. The summed E-state index contributed by atoms with van der Waals surface area (Å²) >= 11 is 0. The summed E-state index contributed by atoms with van der Waals surface area (Å²) in [6.45, 7) is 7.79. The number of aliphatic hydroxyl groups excluding tert-OH is 3. The van der Waals surface area contributed by atoms with Crippen molar-refractivity contribution < 1.29 is 30.3 Å². The quantitative estimate of drug-likeness (QED) is 0.454. The Kier molecular flexibility index (Phi) is 5.76. The third-order valence-corrected chi connectivity index (χ3v) is 8.13. The van der Waals surface area contributed by atoms with Crippen molar-refractivity contribution in [1.29, 1.82) is 0 Å². The number of carbonyl (C=O) groups excluding carboxylic acids is 1. The molecule has 174 valence electrons. The zero-order valence-electron chi connectivity index (χ0n) is 19.2. The highest BCUT2D eigenvalue weighted by Crippen LogP contribution is 2.53. The van der Waals surface area contributed by atoms with Crippen LogP contribution in [-0.4, -0.2) is 49.1 Å². The Labute approximate surface area is 188 Å². The highest BCUT2D eigenvalue weighted by Gasteiger charge is 2.58. The number of hydrogen-bond acceptors (Lipinski definition) is 6. The molecule has 32 heavy (non-hydrogen) atoms. The minimum Gasteiger partial charge on any atom is -0.509 e. The molecule has 0 saturated heterocycles. The van der Waals surface area contributed by atoms with E-state index in [9.17, 15) is 30.3 Å².